The van der Waals surface area contributed by atoms with E-state index in [1.165, 1.54) is 64.2 Å². The first-order chi connectivity index (χ1) is 16.1. The van der Waals surface area contributed by atoms with E-state index in [0.29, 0.717) is 12.1 Å². The lowest BCUT2D eigenvalue weighted by molar-refractivity contribution is 0.303. The highest BCUT2D eigenvalue weighted by atomic mass is 79.9. The Morgan fingerprint density at radius 2 is 1.15 bits per heavy atom. The third-order valence-electron chi connectivity index (χ3n) is 6.17. The molecule has 3 aromatic rings. The molecule has 3 rings (SSSR count). The number of ether oxygens (including phenoxy) is 2. The molecule has 0 aliphatic rings. The van der Waals surface area contributed by atoms with Gasteiger partial charge >= 0.3 is 0 Å². The topological polar surface area (TPSA) is 31.6 Å². The molecule has 0 bridgehead atoms. The van der Waals surface area contributed by atoms with Crippen molar-refractivity contribution in [2.75, 3.05) is 13.2 Å². The minimum Gasteiger partial charge on any atom is -0.494 e. The number of halogens is 1. The first-order valence-corrected chi connectivity index (χ1v) is 13.6. The van der Waals surface area contributed by atoms with Crippen molar-refractivity contribution in [2.24, 2.45) is 0 Å². The van der Waals surface area contributed by atoms with Gasteiger partial charge in [-0.1, -0.05) is 83.5 Å². The highest BCUT2D eigenvalue weighted by Gasteiger charge is 2.14. The Kier molecular flexibility index (Phi) is 11.0. The Hall–Kier alpha value is -1.62. The highest BCUT2D eigenvalue weighted by molar-refractivity contribution is 9.10. The van der Waals surface area contributed by atoms with E-state index in [2.05, 4.69) is 35.8 Å². The lowest BCUT2D eigenvalue weighted by atomic mass is 9.93. The predicted octanol–water partition coefficient (Wildman–Crippen LogP) is 8.62. The molecule has 0 N–H and O–H groups in total. The summed E-state index contributed by atoms with van der Waals surface area (Å²) in [6, 6.07) is 7.94. The predicted molar refractivity (Wildman–Crippen MR) is 145 cm³/mol. The molecule has 2 radical (unpaired) electrons. The quantitative estimate of drug-likeness (QED) is 0.142. The van der Waals surface area contributed by atoms with Gasteiger partial charge in [0.25, 0.3) is 0 Å². The Morgan fingerprint density at radius 1 is 0.667 bits per heavy atom. The standard InChI is InChI=1S/C28H38BBrO3/c1-3-5-7-9-11-13-15-31-27-17-21-22-18-28(32-16-14-12-10-8-6-4-2)24(30)20-26(22)33-25(21)19-23(27)29/h17-20H,3-16H2,1-2H3. The molecule has 0 saturated heterocycles. The normalized spacial score (nSPS) is 11.5. The Morgan fingerprint density at radius 3 is 1.76 bits per heavy atom. The summed E-state index contributed by atoms with van der Waals surface area (Å²) in [6.45, 7) is 5.90. The van der Waals surface area contributed by atoms with Crippen molar-refractivity contribution >= 4 is 51.2 Å². The lowest BCUT2D eigenvalue weighted by Gasteiger charge is -2.10. The van der Waals surface area contributed by atoms with E-state index in [1.807, 2.05) is 18.2 Å². The molecule has 0 spiro atoms. The summed E-state index contributed by atoms with van der Waals surface area (Å²) in [5.41, 5.74) is 2.21. The molecule has 33 heavy (non-hydrogen) atoms. The van der Waals surface area contributed by atoms with Gasteiger partial charge in [0.15, 0.2) is 0 Å². The fraction of sp³-hybridized carbons (Fsp3) is 0.571. The summed E-state index contributed by atoms with van der Waals surface area (Å²) < 4.78 is 19.1. The molecule has 1 aromatic heterocycles. The molecule has 0 aliphatic carbocycles. The zero-order valence-corrected chi connectivity index (χ0v) is 22.0. The van der Waals surface area contributed by atoms with E-state index in [4.69, 9.17) is 21.7 Å². The van der Waals surface area contributed by atoms with Crippen LogP contribution in [0.1, 0.15) is 90.9 Å². The van der Waals surface area contributed by atoms with Crippen LogP contribution >= 0.6 is 15.9 Å². The summed E-state index contributed by atoms with van der Waals surface area (Å²) in [6.07, 6.45) is 14.9. The number of hydrogen-bond donors (Lipinski definition) is 0. The van der Waals surface area contributed by atoms with E-state index < -0.39 is 0 Å². The number of rotatable bonds is 16. The second kappa shape index (κ2) is 13.9. The summed E-state index contributed by atoms with van der Waals surface area (Å²) in [4.78, 5) is 0. The number of unbranched alkanes of at least 4 members (excludes halogenated alkanes) is 10. The molecule has 0 saturated carbocycles. The first kappa shape index (κ1) is 26.0. The molecular formula is C28H38BBrO3. The zero-order valence-electron chi connectivity index (χ0n) is 20.4. The van der Waals surface area contributed by atoms with Gasteiger partial charge in [-0.05, 0) is 53.0 Å². The van der Waals surface area contributed by atoms with Crippen molar-refractivity contribution in [3.63, 3.8) is 0 Å². The molecular weight excluding hydrogens is 475 g/mol. The van der Waals surface area contributed by atoms with Gasteiger partial charge in [0.05, 0.1) is 17.7 Å². The van der Waals surface area contributed by atoms with Crippen molar-refractivity contribution < 1.29 is 13.9 Å². The van der Waals surface area contributed by atoms with Crippen molar-refractivity contribution in [3.05, 3.63) is 28.7 Å². The molecule has 0 fully saturated rings. The summed E-state index contributed by atoms with van der Waals surface area (Å²) >= 11 is 3.64. The SMILES string of the molecule is [B]c1cc2oc3cc(Br)c(OCCCCCCCC)cc3c2cc1OCCCCCCCC. The van der Waals surface area contributed by atoms with Gasteiger partial charge in [-0.25, -0.2) is 0 Å². The maximum atomic E-state index is 6.25. The fourth-order valence-corrected chi connectivity index (χ4v) is 4.62. The number of fused-ring (bicyclic) bond motifs is 3. The number of hydrogen-bond acceptors (Lipinski definition) is 3. The first-order valence-electron chi connectivity index (χ1n) is 12.8. The van der Waals surface area contributed by atoms with Crippen molar-refractivity contribution in [2.45, 2.75) is 90.9 Å². The minimum absolute atomic E-state index is 0.617. The van der Waals surface area contributed by atoms with Crippen LogP contribution in [0.25, 0.3) is 21.9 Å². The van der Waals surface area contributed by atoms with Crippen LogP contribution in [0.4, 0.5) is 0 Å². The van der Waals surface area contributed by atoms with E-state index in [-0.39, 0.29) is 0 Å². The molecule has 0 aliphatic heterocycles. The second-order valence-corrected chi connectivity index (χ2v) is 9.85. The van der Waals surface area contributed by atoms with Crippen LogP contribution in [-0.4, -0.2) is 21.1 Å². The average molecular weight is 513 g/mol. The van der Waals surface area contributed by atoms with Crippen LogP contribution in [0.2, 0.25) is 0 Å². The number of furan rings is 1. The summed E-state index contributed by atoms with van der Waals surface area (Å²) in [7, 11) is 6.25. The van der Waals surface area contributed by atoms with Crippen LogP contribution in [0, 0.1) is 0 Å². The Labute approximate surface area is 209 Å². The number of benzene rings is 2. The molecule has 0 amide bonds. The smallest absolute Gasteiger partial charge is 0.136 e. The molecule has 3 nitrogen and oxygen atoms in total. The van der Waals surface area contributed by atoms with Gasteiger partial charge in [0, 0.05) is 10.8 Å². The third kappa shape index (κ3) is 7.70. The van der Waals surface area contributed by atoms with E-state index in [0.717, 1.165) is 57.4 Å². The van der Waals surface area contributed by atoms with Crippen molar-refractivity contribution in [1.29, 1.82) is 0 Å². The van der Waals surface area contributed by atoms with Gasteiger partial charge in [-0.2, -0.15) is 0 Å². The van der Waals surface area contributed by atoms with E-state index in [9.17, 15) is 0 Å². The summed E-state index contributed by atoms with van der Waals surface area (Å²) in [5, 5.41) is 2.03. The maximum Gasteiger partial charge on any atom is 0.136 e. The largest absolute Gasteiger partial charge is 0.494 e. The fourth-order valence-electron chi connectivity index (χ4n) is 4.18. The van der Waals surface area contributed by atoms with Crippen LogP contribution in [-0.2, 0) is 0 Å². The van der Waals surface area contributed by atoms with Gasteiger partial charge in [-0.3, -0.25) is 0 Å². The zero-order chi connectivity index (χ0) is 23.5. The van der Waals surface area contributed by atoms with E-state index >= 15 is 0 Å². The summed E-state index contributed by atoms with van der Waals surface area (Å²) in [5.74, 6) is 1.58. The maximum absolute atomic E-state index is 6.25. The van der Waals surface area contributed by atoms with Crippen LogP contribution in [0.5, 0.6) is 11.5 Å². The molecule has 1 heterocycles. The van der Waals surface area contributed by atoms with Crippen molar-refractivity contribution in [1.82, 2.24) is 0 Å². The monoisotopic (exact) mass is 512 g/mol. The van der Waals surface area contributed by atoms with Gasteiger partial charge < -0.3 is 13.9 Å². The Balaban J connectivity index is 1.63. The molecule has 2 aromatic carbocycles. The second-order valence-electron chi connectivity index (χ2n) is 9.00. The molecule has 178 valence electrons. The third-order valence-corrected chi connectivity index (χ3v) is 6.79. The van der Waals surface area contributed by atoms with Crippen molar-refractivity contribution in [3.8, 4) is 11.5 Å². The van der Waals surface area contributed by atoms with Crippen LogP contribution < -0.4 is 14.9 Å². The Bertz CT molecular complexity index is 920. The molecule has 0 unspecified atom stereocenters. The minimum atomic E-state index is 0.617. The van der Waals surface area contributed by atoms with Gasteiger partial charge in [-0.15, -0.1) is 0 Å². The molecule has 5 heteroatoms. The van der Waals surface area contributed by atoms with Crippen LogP contribution in [0.15, 0.2) is 33.2 Å². The van der Waals surface area contributed by atoms with Gasteiger partial charge in [0.2, 0.25) is 0 Å². The average Bonchev–Trinajstić information content (AvgIpc) is 3.13. The van der Waals surface area contributed by atoms with E-state index in [1.54, 1.807) is 0 Å². The highest BCUT2D eigenvalue weighted by Crippen LogP contribution is 2.37. The van der Waals surface area contributed by atoms with Crippen LogP contribution in [0.3, 0.4) is 0 Å². The lowest BCUT2D eigenvalue weighted by Crippen LogP contribution is -2.10. The van der Waals surface area contributed by atoms with Gasteiger partial charge in [0.1, 0.15) is 30.5 Å². The molecule has 0 atom stereocenters.